The number of ketones is 1. The van der Waals surface area contributed by atoms with Crippen LogP contribution in [0.1, 0.15) is 56.2 Å². The van der Waals surface area contributed by atoms with Gasteiger partial charge in [0.05, 0.1) is 22.9 Å². The topological polar surface area (TPSA) is 55.2 Å². The third-order valence-corrected chi connectivity index (χ3v) is 8.02. The number of benzene rings is 2. The van der Waals surface area contributed by atoms with Gasteiger partial charge in [0.15, 0.2) is 5.78 Å². The number of para-hydroxylation sites is 1. The van der Waals surface area contributed by atoms with Gasteiger partial charge in [0.1, 0.15) is 5.82 Å². The normalized spacial score (nSPS) is 17.5. The molecular weight excluding hydrogens is 511 g/mol. The summed E-state index contributed by atoms with van der Waals surface area (Å²) in [4.78, 5) is 31.1. The minimum Gasteiger partial charge on any atom is -0.296 e. The highest BCUT2D eigenvalue weighted by atomic mass is 32.1. The summed E-state index contributed by atoms with van der Waals surface area (Å²) in [5.41, 5.74) is 1.46. The molecule has 0 unspecified atom stereocenters. The average molecular weight is 538 g/mol. The quantitative estimate of drug-likeness (QED) is 0.250. The van der Waals surface area contributed by atoms with Gasteiger partial charge in [-0.1, -0.05) is 30.3 Å². The number of alkyl halides is 3. The fraction of sp³-hybridized carbons (Fsp3) is 0.276. The standard InChI is InChI=1S/C29H26F3N3O2S/c1-4-34-27-25(18(3)33-35(27)21-11-6-5-7-12-21)26(24-14-13-17(2)38-24)22(28(34)37)16-23(36)19-9-8-10-20(15-19)29(30,31)32/h5-15,22,26H,4,16H2,1-3H3/t22-,26-/m0/s1. The van der Waals surface area contributed by atoms with Gasteiger partial charge >= 0.3 is 6.18 Å². The number of amides is 1. The number of aromatic nitrogens is 2. The van der Waals surface area contributed by atoms with Crippen LogP contribution in [-0.2, 0) is 11.0 Å². The fourth-order valence-electron chi connectivity index (χ4n) is 5.21. The minimum atomic E-state index is -4.56. The number of hydrogen-bond donors (Lipinski definition) is 0. The van der Waals surface area contributed by atoms with Gasteiger partial charge < -0.3 is 0 Å². The number of fused-ring (bicyclic) bond motifs is 1. The maximum atomic E-state index is 14.1. The number of halogens is 3. The molecule has 0 saturated carbocycles. The molecule has 9 heteroatoms. The Labute approximate surface area is 222 Å². The molecule has 1 aliphatic rings. The predicted molar refractivity (Wildman–Crippen MR) is 141 cm³/mol. The van der Waals surface area contributed by atoms with Crippen molar-refractivity contribution < 1.29 is 22.8 Å². The fourth-order valence-corrected chi connectivity index (χ4v) is 6.26. The number of nitrogens with zero attached hydrogens (tertiary/aromatic N) is 3. The van der Waals surface area contributed by atoms with Crippen LogP contribution >= 0.6 is 11.3 Å². The molecule has 0 spiro atoms. The summed E-state index contributed by atoms with van der Waals surface area (Å²) in [6.45, 7) is 6.08. The van der Waals surface area contributed by atoms with Crippen LogP contribution in [0.3, 0.4) is 0 Å². The lowest BCUT2D eigenvalue weighted by molar-refractivity contribution is -0.137. The molecule has 0 aliphatic carbocycles. The number of anilines is 1. The van der Waals surface area contributed by atoms with Crippen LogP contribution in [0.25, 0.3) is 5.69 Å². The maximum absolute atomic E-state index is 14.1. The zero-order valence-corrected chi connectivity index (χ0v) is 21.9. The van der Waals surface area contributed by atoms with Gasteiger partial charge in [-0.2, -0.15) is 18.3 Å². The first kappa shape index (κ1) is 25.9. The van der Waals surface area contributed by atoms with Gasteiger partial charge in [0, 0.05) is 39.8 Å². The lowest BCUT2D eigenvalue weighted by Gasteiger charge is -2.37. The summed E-state index contributed by atoms with van der Waals surface area (Å²) in [5, 5.41) is 4.81. The Morgan fingerprint density at radius 2 is 1.76 bits per heavy atom. The lowest BCUT2D eigenvalue weighted by Crippen LogP contribution is -2.45. The second-order valence-electron chi connectivity index (χ2n) is 9.39. The molecule has 2 aromatic heterocycles. The van der Waals surface area contributed by atoms with Crippen molar-refractivity contribution in [1.29, 1.82) is 0 Å². The summed E-state index contributed by atoms with van der Waals surface area (Å²) in [6, 6.07) is 17.9. The number of hydrogen-bond acceptors (Lipinski definition) is 4. The first-order valence-electron chi connectivity index (χ1n) is 12.3. The zero-order valence-electron chi connectivity index (χ0n) is 21.1. The van der Waals surface area contributed by atoms with E-state index in [4.69, 9.17) is 5.10 Å². The second-order valence-corrected chi connectivity index (χ2v) is 10.7. The molecule has 4 aromatic rings. The van der Waals surface area contributed by atoms with Gasteiger partial charge in [0.25, 0.3) is 0 Å². The first-order chi connectivity index (χ1) is 18.1. The Morgan fingerprint density at radius 3 is 2.39 bits per heavy atom. The van der Waals surface area contributed by atoms with Gasteiger partial charge in [-0.3, -0.25) is 14.5 Å². The van der Waals surface area contributed by atoms with E-state index in [2.05, 4.69) is 0 Å². The molecular formula is C29H26F3N3O2S. The zero-order chi connectivity index (χ0) is 27.2. The van der Waals surface area contributed by atoms with E-state index in [1.807, 2.05) is 63.2 Å². The number of Topliss-reactive ketones (excluding diaryl/α,β-unsaturated/α-hetero) is 1. The summed E-state index contributed by atoms with van der Waals surface area (Å²) in [6.07, 6.45) is -4.78. The number of carbonyl (C=O) groups is 2. The highest BCUT2D eigenvalue weighted by Gasteiger charge is 2.46. The van der Waals surface area contributed by atoms with Gasteiger partial charge in [-0.25, -0.2) is 4.68 Å². The molecule has 2 aromatic carbocycles. The highest BCUT2D eigenvalue weighted by molar-refractivity contribution is 7.12. The summed E-state index contributed by atoms with van der Waals surface area (Å²) < 4.78 is 41.7. The number of thiophene rings is 1. The van der Waals surface area contributed by atoms with Crippen molar-refractivity contribution in [3.8, 4) is 5.69 Å². The van der Waals surface area contributed by atoms with Crippen LogP contribution in [0.2, 0.25) is 0 Å². The summed E-state index contributed by atoms with van der Waals surface area (Å²) in [5.74, 6) is -1.31. The third-order valence-electron chi connectivity index (χ3n) is 6.94. The molecule has 2 atom stereocenters. The molecule has 38 heavy (non-hydrogen) atoms. The van der Waals surface area contributed by atoms with Gasteiger partial charge in [-0.15, -0.1) is 11.3 Å². The highest BCUT2D eigenvalue weighted by Crippen LogP contribution is 2.48. The lowest BCUT2D eigenvalue weighted by atomic mass is 9.77. The third kappa shape index (κ3) is 4.55. The van der Waals surface area contributed by atoms with Gasteiger partial charge in [-0.05, 0) is 57.2 Å². The molecule has 1 amide bonds. The Hall–Kier alpha value is -3.72. The second kappa shape index (κ2) is 9.87. The van der Waals surface area contributed by atoms with Crippen molar-refractivity contribution >= 4 is 28.8 Å². The van der Waals surface area contributed by atoms with E-state index in [1.54, 1.807) is 20.9 Å². The van der Waals surface area contributed by atoms with E-state index in [9.17, 15) is 22.8 Å². The van der Waals surface area contributed by atoms with Gasteiger partial charge in [0.2, 0.25) is 5.91 Å². The Bertz CT molecular complexity index is 1510. The Balaban J connectivity index is 1.64. The molecule has 1 aliphatic heterocycles. The largest absolute Gasteiger partial charge is 0.416 e. The summed E-state index contributed by atoms with van der Waals surface area (Å²) >= 11 is 1.55. The first-order valence-corrected chi connectivity index (χ1v) is 13.1. The van der Waals surface area contributed by atoms with Crippen LogP contribution in [0.15, 0.2) is 66.7 Å². The van der Waals surface area contributed by atoms with E-state index in [-0.39, 0.29) is 17.9 Å². The Morgan fingerprint density at radius 1 is 1.03 bits per heavy atom. The molecule has 196 valence electrons. The van der Waals surface area contributed by atoms with Crippen molar-refractivity contribution in [2.24, 2.45) is 5.92 Å². The molecule has 0 radical (unpaired) electrons. The van der Waals surface area contributed by atoms with Crippen molar-refractivity contribution in [2.45, 2.75) is 39.3 Å². The van der Waals surface area contributed by atoms with Crippen molar-refractivity contribution in [3.05, 3.63) is 98.9 Å². The molecule has 3 heterocycles. The molecule has 0 N–H and O–H groups in total. The molecule has 5 nitrogen and oxygen atoms in total. The molecule has 0 saturated heterocycles. The molecule has 5 rings (SSSR count). The van der Waals surface area contributed by atoms with Crippen LogP contribution in [-0.4, -0.2) is 28.0 Å². The number of aryl methyl sites for hydroxylation is 2. The minimum absolute atomic E-state index is 0.0562. The van der Waals surface area contributed by atoms with Crippen LogP contribution in [0.4, 0.5) is 19.0 Å². The van der Waals surface area contributed by atoms with E-state index >= 15 is 0 Å². The van der Waals surface area contributed by atoms with E-state index in [0.29, 0.717) is 12.4 Å². The number of rotatable bonds is 6. The number of carbonyl (C=O) groups excluding carboxylic acids is 2. The van der Waals surface area contributed by atoms with Crippen molar-refractivity contribution in [3.63, 3.8) is 0 Å². The monoisotopic (exact) mass is 537 g/mol. The van der Waals surface area contributed by atoms with Crippen LogP contribution < -0.4 is 4.90 Å². The molecule has 0 fully saturated rings. The van der Waals surface area contributed by atoms with E-state index in [0.717, 1.165) is 38.8 Å². The Kier molecular flexibility index (Phi) is 6.73. The average Bonchev–Trinajstić information content (AvgIpc) is 3.48. The predicted octanol–water partition coefficient (Wildman–Crippen LogP) is 6.96. The van der Waals surface area contributed by atoms with E-state index < -0.39 is 29.4 Å². The van der Waals surface area contributed by atoms with Crippen LogP contribution in [0.5, 0.6) is 0 Å². The van der Waals surface area contributed by atoms with Crippen molar-refractivity contribution in [1.82, 2.24) is 9.78 Å². The smallest absolute Gasteiger partial charge is 0.296 e. The van der Waals surface area contributed by atoms with Crippen LogP contribution in [0, 0.1) is 19.8 Å². The maximum Gasteiger partial charge on any atom is 0.416 e. The SMILES string of the molecule is CCN1C(=O)[C@@H](CC(=O)c2cccc(C(F)(F)F)c2)[C@@H](c2ccc(C)s2)c2c(C)nn(-c3ccccc3)c21. The van der Waals surface area contributed by atoms with E-state index in [1.165, 1.54) is 12.1 Å². The molecule has 0 bridgehead atoms. The summed E-state index contributed by atoms with van der Waals surface area (Å²) in [7, 11) is 0. The van der Waals surface area contributed by atoms with Crippen molar-refractivity contribution in [2.75, 3.05) is 11.4 Å².